The van der Waals surface area contributed by atoms with Gasteiger partial charge in [0.25, 0.3) is 0 Å². The molecule has 20 heavy (non-hydrogen) atoms. The number of halogens is 1. The van der Waals surface area contributed by atoms with Crippen LogP contribution < -0.4 is 5.32 Å². The fourth-order valence-electron chi connectivity index (χ4n) is 2.23. The summed E-state index contributed by atoms with van der Waals surface area (Å²) in [5.74, 6) is -0.951. The molecule has 0 aromatic heterocycles. The Morgan fingerprint density at radius 1 is 1.35 bits per heavy atom. The van der Waals surface area contributed by atoms with Crippen molar-refractivity contribution >= 4 is 27.8 Å². The highest BCUT2D eigenvalue weighted by molar-refractivity contribution is 9.10. The van der Waals surface area contributed by atoms with E-state index in [1.165, 1.54) is 0 Å². The van der Waals surface area contributed by atoms with Crippen molar-refractivity contribution in [2.45, 2.75) is 38.1 Å². The van der Waals surface area contributed by atoms with Gasteiger partial charge in [0.2, 0.25) is 5.91 Å². The fraction of sp³-hybridized carbons (Fsp3) is 0.467. The number of amides is 1. The summed E-state index contributed by atoms with van der Waals surface area (Å²) in [4.78, 5) is 23.0. The monoisotopic (exact) mass is 339 g/mol. The summed E-state index contributed by atoms with van der Waals surface area (Å²) in [6.45, 7) is 1.97. The summed E-state index contributed by atoms with van der Waals surface area (Å²) in [6, 6.07) is 7.09. The minimum Gasteiger partial charge on any atom is -0.480 e. The van der Waals surface area contributed by atoms with Gasteiger partial charge in [-0.25, -0.2) is 4.79 Å². The summed E-state index contributed by atoms with van der Waals surface area (Å²) < 4.78 is 0.998. The van der Waals surface area contributed by atoms with E-state index in [1.807, 2.05) is 31.2 Å². The summed E-state index contributed by atoms with van der Waals surface area (Å²) >= 11 is 3.37. The van der Waals surface area contributed by atoms with Gasteiger partial charge in [0, 0.05) is 10.9 Å². The number of carboxylic acids is 1. The quantitative estimate of drug-likeness (QED) is 0.837. The number of rotatable bonds is 6. The van der Waals surface area contributed by atoms with Crippen molar-refractivity contribution in [3.63, 3.8) is 0 Å². The number of hydrogen-bond acceptors (Lipinski definition) is 2. The lowest BCUT2D eigenvalue weighted by Gasteiger charge is -2.16. The summed E-state index contributed by atoms with van der Waals surface area (Å²) in [5.41, 5.74) is 1.07. The van der Waals surface area contributed by atoms with Crippen molar-refractivity contribution < 1.29 is 14.7 Å². The second-order valence-electron chi connectivity index (χ2n) is 5.38. The van der Waals surface area contributed by atoms with E-state index < -0.39 is 12.0 Å². The van der Waals surface area contributed by atoms with E-state index in [0.29, 0.717) is 6.42 Å². The lowest BCUT2D eigenvalue weighted by atomic mass is 9.97. The van der Waals surface area contributed by atoms with Crippen LogP contribution in [-0.2, 0) is 9.59 Å². The standard InChI is InChI=1S/C15H18BrNO3/c1-9(10-4-6-12(16)7-5-10)8-13(18)17-14(15(19)20)11-2-3-11/h4-7,9,11,14H,2-3,8H2,1H3,(H,17,18)(H,19,20). The molecule has 1 saturated carbocycles. The summed E-state index contributed by atoms with van der Waals surface area (Å²) in [5, 5.41) is 11.7. The molecule has 1 fully saturated rings. The molecule has 2 unspecified atom stereocenters. The molecule has 1 aliphatic carbocycles. The molecule has 1 aromatic carbocycles. The van der Waals surface area contributed by atoms with Gasteiger partial charge in [0.15, 0.2) is 0 Å². The van der Waals surface area contributed by atoms with Crippen LogP contribution in [0.25, 0.3) is 0 Å². The van der Waals surface area contributed by atoms with Crippen LogP contribution >= 0.6 is 15.9 Å². The van der Waals surface area contributed by atoms with Gasteiger partial charge in [-0.15, -0.1) is 0 Å². The highest BCUT2D eigenvalue weighted by atomic mass is 79.9. The van der Waals surface area contributed by atoms with E-state index in [1.54, 1.807) is 0 Å². The molecular formula is C15H18BrNO3. The number of nitrogens with one attached hydrogen (secondary N) is 1. The van der Waals surface area contributed by atoms with Crippen molar-refractivity contribution in [2.24, 2.45) is 5.92 Å². The Morgan fingerprint density at radius 2 is 1.95 bits per heavy atom. The average molecular weight is 340 g/mol. The van der Waals surface area contributed by atoms with Gasteiger partial charge in [-0.2, -0.15) is 0 Å². The van der Waals surface area contributed by atoms with Gasteiger partial charge < -0.3 is 10.4 Å². The maximum Gasteiger partial charge on any atom is 0.326 e. The van der Waals surface area contributed by atoms with Crippen LogP contribution in [0.2, 0.25) is 0 Å². The Balaban J connectivity index is 1.90. The van der Waals surface area contributed by atoms with E-state index in [9.17, 15) is 9.59 Å². The van der Waals surface area contributed by atoms with Crippen LogP contribution in [0.4, 0.5) is 0 Å². The molecule has 0 bridgehead atoms. The molecule has 2 N–H and O–H groups in total. The lowest BCUT2D eigenvalue weighted by molar-refractivity contribution is -0.142. The largest absolute Gasteiger partial charge is 0.480 e. The molecule has 0 heterocycles. The molecule has 0 spiro atoms. The highest BCUT2D eigenvalue weighted by Crippen LogP contribution is 2.33. The van der Waals surface area contributed by atoms with Crippen molar-refractivity contribution in [1.82, 2.24) is 5.32 Å². The molecular weight excluding hydrogens is 322 g/mol. The topological polar surface area (TPSA) is 66.4 Å². The number of hydrogen-bond donors (Lipinski definition) is 2. The smallest absolute Gasteiger partial charge is 0.326 e. The molecule has 4 nitrogen and oxygen atoms in total. The van der Waals surface area contributed by atoms with Gasteiger partial charge in [-0.3, -0.25) is 4.79 Å². The van der Waals surface area contributed by atoms with Crippen LogP contribution in [0, 0.1) is 5.92 Å². The zero-order chi connectivity index (χ0) is 14.7. The Bertz CT molecular complexity index is 496. The predicted octanol–water partition coefficient (Wildman–Crippen LogP) is 2.92. The Hall–Kier alpha value is -1.36. The summed E-state index contributed by atoms with van der Waals surface area (Å²) in [7, 11) is 0. The van der Waals surface area contributed by atoms with Gasteiger partial charge in [0.1, 0.15) is 6.04 Å². The van der Waals surface area contributed by atoms with E-state index in [4.69, 9.17) is 5.11 Å². The number of carboxylic acid groups (broad SMARTS) is 1. The molecule has 1 aromatic rings. The van der Waals surface area contributed by atoms with Crippen LogP contribution in [0.15, 0.2) is 28.7 Å². The maximum absolute atomic E-state index is 12.0. The van der Waals surface area contributed by atoms with Gasteiger partial charge in [-0.05, 0) is 42.4 Å². The van der Waals surface area contributed by atoms with Crippen molar-refractivity contribution in [3.05, 3.63) is 34.3 Å². The number of aliphatic carboxylic acids is 1. The molecule has 0 radical (unpaired) electrons. The number of carbonyl (C=O) groups is 2. The minimum atomic E-state index is -0.933. The van der Waals surface area contributed by atoms with Gasteiger partial charge >= 0.3 is 5.97 Å². The van der Waals surface area contributed by atoms with Crippen molar-refractivity contribution in [2.75, 3.05) is 0 Å². The van der Waals surface area contributed by atoms with Crippen LogP contribution in [0.5, 0.6) is 0 Å². The Labute approximate surface area is 126 Å². The zero-order valence-corrected chi connectivity index (χ0v) is 12.9. The second kappa shape index (κ2) is 6.39. The third kappa shape index (κ3) is 4.07. The van der Waals surface area contributed by atoms with Crippen LogP contribution in [-0.4, -0.2) is 23.0 Å². The highest BCUT2D eigenvalue weighted by Gasteiger charge is 2.37. The third-order valence-corrected chi connectivity index (χ3v) is 4.14. The normalized spacial score (nSPS) is 17.3. The lowest BCUT2D eigenvalue weighted by Crippen LogP contribution is -2.42. The van der Waals surface area contributed by atoms with E-state index in [-0.39, 0.29) is 17.7 Å². The van der Waals surface area contributed by atoms with Gasteiger partial charge in [0.05, 0.1) is 0 Å². The number of benzene rings is 1. The van der Waals surface area contributed by atoms with Gasteiger partial charge in [-0.1, -0.05) is 35.0 Å². The minimum absolute atomic E-state index is 0.0664. The molecule has 1 amide bonds. The molecule has 2 atom stereocenters. The van der Waals surface area contributed by atoms with Crippen molar-refractivity contribution in [1.29, 1.82) is 0 Å². The first-order valence-corrected chi connectivity index (χ1v) is 7.54. The Kier molecular flexibility index (Phi) is 4.81. The van der Waals surface area contributed by atoms with E-state index >= 15 is 0 Å². The predicted molar refractivity (Wildman–Crippen MR) is 79.5 cm³/mol. The molecule has 0 saturated heterocycles. The molecule has 0 aliphatic heterocycles. The van der Waals surface area contributed by atoms with Crippen molar-refractivity contribution in [3.8, 4) is 0 Å². The van der Waals surface area contributed by atoms with E-state index in [0.717, 1.165) is 22.9 Å². The first kappa shape index (κ1) is 15.0. The molecule has 5 heteroatoms. The summed E-state index contributed by atoms with van der Waals surface area (Å²) in [6.07, 6.45) is 2.08. The average Bonchev–Trinajstić information content (AvgIpc) is 3.20. The number of carbonyl (C=O) groups excluding carboxylic acids is 1. The zero-order valence-electron chi connectivity index (χ0n) is 11.3. The van der Waals surface area contributed by atoms with E-state index in [2.05, 4.69) is 21.2 Å². The van der Waals surface area contributed by atoms with Crippen LogP contribution in [0.3, 0.4) is 0 Å². The fourth-order valence-corrected chi connectivity index (χ4v) is 2.49. The molecule has 1 aliphatic rings. The third-order valence-electron chi connectivity index (χ3n) is 3.61. The SMILES string of the molecule is CC(CC(=O)NC(C(=O)O)C1CC1)c1ccc(Br)cc1. The first-order valence-electron chi connectivity index (χ1n) is 6.75. The molecule has 108 valence electrons. The van der Waals surface area contributed by atoms with Crippen LogP contribution in [0.1, 0.15) is 37.7 Å². The first-order chi connectivity index (χ1) is 9.47. The Morgan fingerprint density at radius 3 is 2.45 bits per heavy atom. The molecule has 2 rings (SSSR count). The second-order valence-corrected chi connectivity index (χ2v) is 6.29. The maximum atomic E-state index is 12.0.